The van der Waals surface area contributed by atoms with Crippen LogP contribution in [-0.2, 0) is 9.47 Å². The maximum absolute atomic E-state index is 13.2. The summed E-state index contributed by atoms with van der Waals surface area (Å²) in [4.78, 5) is 13.2. The molecule has 0 unspecified atom stereocenters. The molecule has 8 atom stereocenters. The summed E-state index contributed by atoms with van der Waals surface area (Å²) in [5.41, 5.74) is -1.21. The van der Waals surface area contributed by atoms with E-state index in [0.717, 1.165) is 0 Å². The van der Waals surface area contributed by atoms with Gasteiger partial charge in [0.25, 0.3) is 0 Å². The number of hydrogen-bond donors (Lipinski definition) is 7. The van der Waals surface area contributed by atoms with Gasteiger partial charge in [-0.1, -0.05) is 12.1 Å². The van der Waals surface area contributed by atoms with Crippen molar-refractivity contribution in [1.29, 1.82) is 0 Å². The summed E-state index contributed by atoms with van der Waals surface area (Å²) in [6, 6.07) is 10.6. The lowest BCUT2D eigenvalue weighted by Gasteiger charge is -2.39. The molecule has 0 aliphatic carbocycles. The zero-order chi connectivity index (χ0) is 27.9. The van der Waals surface area contributed by atoms with Crippen molar-refractivity contribution in [3.05, 3.63) is 59.0 Å². The molecule has 0 amide bonds. The number of ether oxygens (including phenoxy) is 4. The number of hydrogen-bond acceptors (Lipinski definition) is 13. The second kappa shape index (κ2) is 10.8. The van der Waals surface area contributed by atoms with Crippen molar-refractivity contribution in [1.82, 2.24) is 0 Å². The van der Waals surface area contributed by atoms with Crippen LogP contribution in [0.15, 0.2) is 57.9 Å². The molecule has 5 rings (SSSR count). The Balaban J connectivity index is 1.31. The van der Waals surface area contributed by atoms with Gasteiger partial charge < -0.3 is 59.1 Å². The first-order valence-corrected chi connectivity index (χ1v) is 12.1. The Bertz CT molecular complexity index is 1360. The summed E-state index contributed by atoms with van der Waals surface area (Å²) in [6.45, 7) is -1.58. The molecule has 2 aromatic carbocycles. The fourth-order valence-electron chi connectivity index (χ4n) is 4.42. The van der Waals surface area contributed by atoms with Crippen LogP contribution in [-0.4, -0.2) is 104 Å². The molecule has 1 aromatic heterocycles. The average Bonchev–Trinajstić information content (AvgIpc) is 3.23. The Labute approximate surface area is 220 Å². The van der Waals surface area contributed by atoms with Gasteiger partial charge in [-0.05, 0) is 29.8 Å². The molecular weight excluding hydrogens is 520 g/mol. The maximum atomic E-state index is 13.2. The van der Waals surface area contributed by atoms with Crippen molar-refractivity contribution in [2.24, 2.45) is 0 Å². The fraction of sp³-hybridized carbons (Fsp3) is 0.423. The first-order valence-electron chi connectivity index (χ1n) is 12.1. The predicted molar refractivity (Wildman–Crippen MR) is 131 cm³/mol. The summed E-state index contributed by atoms with van der Waals surface area (Å²) >= 11 is 0. The zero-order valence-corrected chi connectivity index (χ0v) is 20.4. The van der Waals surface area contributed by atoms with Crippen LogP contribution in [0, 0.1) is 0 Å². The van der Waals surface area contributed by atoms with Gasteiger partial charge in [-0.3, -0.25) is 4.79 Å². The minimum absolute atomic E-state index is 0.147. The van der Waals surface area contributed by atoms with Gasteiger partial charge in [0.05, 0.1) is 30.8 Å². The van der Waals surface area contributed by atoms with Crippen LogP contribution in [0.4, 0.5) is 0 Å². The molecular formula is C26H28O13. The summed E-state index contributed by atoms with van der Waals surface area (Å²) in [5.74, 6) is 0.443. The molecule has 2 aliphatic rings. The number of rotatable bonds is 7. The Morgan fingerprint density at radius 3 is 2.26 bits per heavy atom. The minimum atomic E-state index is -1.81. The van der Waals surface area contributed by atoms with Crippen molar-refractivity contribution in [3.8, 4) is 22.6 Å². The van der Waals surface area contributed by atoms with E-state index in [4.69, 9.17) is 23.4 Å². The molecule has 3 heterocycles. The van der Waals surface area contributed by atoms with E-state index in [2.05, 4.69) is 0 Å². The van der Waals surface area contributed by atoms with Crippen LogP contribution in [0.1, 0.15) is 0 Å². The molecule has 0 spiro atoms. The average molecular weight is 548 g/mol. The Morgan fingerprint density at radius 1 is 0.897 bits per heavy atom. The van der Waals surface area contributed by atoms with E-state index in [-0.39, 0.29) is 34.3 Å². The zero-order valence-electron chi connectivity index (χ0n) is 20.4. The molecule has 210 valence electrons. The molecule has 13 nitrogen and oxygen atoms in total. The Morgan fingerprint density at radius 2 is 1.59 bits per heavy atom. The van der Waals surface area contributed by atoms with Gasteiger partial charge in [0.1, 0.15) is 59.5 Å². The van der Waals surface area contributed by atoms with Crippen LogP contribution < -0.4 is 14.9 Å². The number of fused-ring (bicyclic) bond motifs is 1. The van der Waals surface area contributed by atoms with Crippen molar-refractivity contribution in [3.63, 3.8) is 0 Å². The smallest absolute Gasteiger partial charge is 0.229 e. The lowest BCUT2D eigenvalue weighted by Crippen LogP contribution is -2.60. The molecule has 7 N–H and O–H groups in total. The molecule has 0 radical (unpaired) electrons. The van der Waals surface area contributed by atoms with E-state index in [1.165, 1.54) is 24.5 Å². The van der Waals surface area contributed by atoms with Gasteiger partial charge in [-0.2, -0.15) is 0 Å². The lowest BCUT2D eigenvalue weighted by molar-refractivity contribution is -0.277. The molecule has 2 fully saturated rings. The standard InChI is InChI=1S/C26H28O13/c27-8-18-20(30)21(31)22(32)24(39-18)38-14-5-6-15-17(7-14)35-9-16(19(15)29)12-1-3-13(4-2-12)37-25-23(33)26(34,10-28)11-36-25/h1-7,9,18,20-25,27-28,30-34H,8,10-11H2/t18-,20-,21+,22-,23+,24-,25+,26-/m1/s1. The molecule has 3 aromatic rings. The van der Waals surface area contributed by atoms with Gasteiger partial charge in [-0.15, -0.1) is 0 Å². The second-order valence-corrected chi connectivity index (χ2v) is 9.48. The number of aliphatic hydroxyl groups excluding tert-OH is 6. The van der Waals surface area contributed by atoms with Crippen LogP contribution in [0.5, 0.6) is 11.5 Å². The predicted octanol–water partition coefficient (Wildman–Crippen LogP) is -1.54. The molecule has 2 aliphatic heterocycles. The molecule has 13 heteroatoms. The van der Waals surface area contributed by atoms with Gasteiger partial charge in [0.2, 0.25) is 12.6 Å². The SMILES string of the molecule is O=c1c(-c2ccc(O[C@@H]3OC[C@](O)(CO)[C@H]3O)cc2)coc2cc(O[C@@H]3O[C@H](CO)[C@@H](O)[C@H](O)[C@H]3O)ccc12. The van der Waals surface area contributed by atoms with Gasteiger partial charge in [0.15, 0.2) is 5.43 Å². The minimum Gasteiger partial charge on any atom is -0.463 e. The van der Waals surface area contributed by atoms with E-state index in [9.17, 15) is 40.5 Å². The second-order valence-electron chi connectivity index (χ2n) is 9.48. The topological polar surface area (TPSA) is 209 Å². The van der Waals surface area contributed by atoms with E-state index in [1.807, 2.05) is 0 Å². The van der Waals surface area contributed by atoms with Crippen LogP contribution in [0.25, 0.3) is 22.1 Å². The highest BCUT2D eigenvalue weighted by atomic mass is 16.7. The van der Waals surface area contributed by atoms with E-state index >= 15 is 0 Å². The van der Waals surface area contributed by atoms with E-state index in [0.29, 0.717) is 11.3 Å². The highest BCUT2D eigenvalue weighted by molar-refractivity contribution is 5.82. The van der Waals surface area contributed by atoms with Crippen LogP contribution in [0.2, 0.25) is 0 Å². The summed E-state index contributed by atoms with van der Waals surface area (Å²) in [6.07, 6.45) is -8.61. The first-order chi connectivity index (χ1) is 18.6. The quantitative estimate of drug-likeness (QED) is 0.179. The number of benzene rings is 2. The highest BCUT2D eigenvalue weighted by Crippen LogP contribution is 2.30. The van der Waals surface area contributed by atoms with Crippen molar-refractivity contribution in [2.75, 3.05) is 19.8 Å². The third-order valence-electron chi connectivity index (χ3n) is 6.84. The first kappa shape index (κ1) is 27.5. The van der Waals surface area contributed by atoms with E-state index in [1.54, 1.807) is 24.3 Å². The molecule has 0 saturated carbocycles. The summed E-state index contributed by atoms with van der Waals surface area (Å²) < 4.78 is 27.4. The van der Waals surface area contributed by atoms with Gasteiger partial charge >= 0.3 is 0 Å². The third kappa shape index (κ3) is 5.12. The van der Waals surface area contributed by atoms with Crippen molar-refractivity contribution in [2.45, 2.75) is 48.7 Å². The molecule has 39 heavy (non-hydrogen) atoms. The third-order valence-corrected chi connectivity index (χ3v) is 6.84. The van der Waals surface area contributed by atoms with Gasteiger partial charge in [-0.25, -0.2) is 0 Å². The van der Waals surface area contributed by atoms with Gasteiger partial charge in [0, 0.05) is 6.07 Å². The normalized spacial score (nSPS) is 32.8. The van der Waals surface area contributed by atoms with Crippen LogP contribution >= 0.6 is 0 Å². The fourth-order valence-corrected chi connectivity index (χ4v) is 4.42. The van der Waals surface area contributed by atoms with Crippen molar-refractivity contribution < 1.29 is 59.1 Å². The lowest BCUT2D eigenvalue weighted by atomic mass is 9.99. The van der Waals surface area contributed by atoms with Crippen molar-refractivity contribution >= 4 is 11.0 Å². The monoisotopic (exact) mass is 548 g/mol. The largest absolute Gasteiger partial charge is 0.463 e. The summed E-state index contributed by atoms with van der Waals surface area (Å²) in [7, 11) is 0. The Kier molecular flexibility index (Phi) is 7.61. The van der Waals surface area contributed by atoms with Crippen LogP contribution in [0.3, 0.4) is 0 Å². The highest BCUT2D eigenvalue weighted by Gasteiger charge is 2.49. The number of aliphatic hydroxyl groups is 7. The van der Waals surface area contributed by atoms with E-state index < -0.39 is 61.9 Å². The molecule has 2 saturated heterocycles. The summed E-state index contributed by atoms with van der Waals surface area (Å²) in [5, 5.41) is 69.1. The maximum Gasteiger partial charge on any atom is 0.229 e. The molecule has 0 bridgehead atoms. The Hall–Kier alpha value is -3.11.